The average Bonchev–Trinajstić information content (AvgIpc) is 4.45. The molecule has 81 heavy (non-hydrogen) atoms. The van der Waals surface area contributed by atoms with Gasteiger partial charge < -0.3 is 35.6 Å². The first-order chi connectivity index (χ1) is 39.6. The maximum absolute atomic E-state index is 6.57. The summed E-state index contributed by atoms with van der Waals surface area (Å²) in [5, 5.41) is 3.48. The van der Waals surface area contributed by atoms with Gasteiger partial charge in [-0.3, -0.25) is 14.7 Å². The Morgan fingerprint density at radius 1 is 0.519 bits per heavy atom. The van der Waals surface area contributed by atoms with E-state index in [9.17, 15) is 0 Å². The second kappa shape index (κ2) is 20.4. The number of benzene rings is 3. The number of nitrogen functional groups attached to an aromatic ring is 1. The molecule has 10 heterocycles. The minimum atomic E-state index is 0.412. The molecule has 0 unspecified atom stereocenters. The smallest absolute Gasteiger partial charge is 0.180 e. The first kappa shape index (κ1) is 49.8. The van der Waals surface area contributed by atoms with Gasteiger partial charge in [0.2, 0.25) is 0 Å². The molecule has 3 fully saturated rings. The molecule has 1 saturated heterocycles. The maximum Gasteiger partial charge on any atom is 0.180 e. The standard InChI is InChI=1S/C65H70N16/c1-37-68-60-48(54-28-43-23-38(17-20-50(43)71-54)36-81-21-9-4-10-22-81)30-45(70-64(60)69-37)31-58-76-62-59(55-27-42-19-16-40(25-52(42)73-55)35-80(3)47-13-7-8-14-47)44(33-67-63(62)77-58)29-57-75-61-49(32-56(66)74-65(61)78-57)53-26-41-18-15-39(24-51(41)72-53)34-79(2)46-11-5-6-12-46/h15-20,23-28,30,32-33,46-47,71-73H,4-14,21-22,29,31,34-36H2,1-3H3,(H,67,76,77)(H,68,69,70)(H3,66,74,75,78). The van der Waals surface area contributed by atoms with Crippen LogP contribution in [0.25, 0.3) is 100.0 Å². The van der Waals surface area contributed by atoms with Crippen LogP contribution in [0, 0.1) is 6.92 Å². The number of nitrogens with two attached hydrogens (primary N) is 1. The summed E-state index contributed by atoms with van der Waals surface area (Å²) in [5.41, 5.74) is 26.0. The molecule has 2 saturated carbocycles. The Morgan fingerprint density at radius 3 is 1.84 bits per heavy atom. The molecule has 16 heteroatoms. The maximum atomic E-state index is 6.57. The number of aromatic nitrogens is 12. The van der Waals surface area contributed by atoms with Crippen LogP contribution in [0.5, 0.6) is 0 Å². The van der Waals surface area contributed by atoms with Gasteiger partial charge in [0, 0.05) is 117 Å². The van der Waals surface area contributed by atoms with E-state index in [1.54, 1.807) is 0 Å². The zero-order chi connectivity index (χ0) is 54.3. The van der Waals surface area contributed by atoms with Crippen molar-refractivity contribution >= 4 is 72.0 Å². The molecule has 3 aromatic carbocycles. The van der Waals surface area contributed by atoms with E-state index >= 15 is 0 Å². The molecular formula is C65H70N16. The predicted molar refractivity (Wildman–Crippen MR) is 325 cm³/mol. The molecule has 16 nitrogen and oxygen atoms in total. The molecule has 0 bridgehead atoms. The Balaban J connectivity index is 0.780. The van der Waals surface area contributed by atoms with Crippen molar-refractivity contribution in [3.05, 3.63) is 137 Å². The van der Waals surface area contributed by atoms with E-state index in [0.29, 0.717) is 47.7 Å². The first-order valence-electron chi connectivity index (χ1n) is 29.5. The molecule has 8 N–H and O–H groups in total. The highest BCUT2D eigenvalue weighted by molar-refractivity contribution is 5.98. The van der Waals surface area contributed by atoms with Gasteiger partial charge in [-0.1, -0.05) is 62.4 Å². The van der Waals surface area contributed by atoms with E-state index in [-0.39, 0.29) is 0 Å². The predicted octanol–water partition coefficient (Wildman–Crippen LogP) is 12.8. The van der Waals surface area contributed by atoms with Crippen LogP contribution in [0.3, 0.4) is 0 Å². The third-order valence-electron chi connectivity index (χ3n) is 18.0. The SMILES string of the molecule is Cc1nc2nc(Cc3nc4ncc(Cc5nc6nc(N)cc(-c7cc8ccc(CN(C)C9CCCC9)cc8[nH]7)c6[nH]5)c(-c5cc6ccc(CN(C)C7CCCC7)cc6[nH]5)c4[nH]3)cc(-c3cc4cc(CN5CCCCC5)ccc4[nH]3)c2[nH]1. The molecule has 410 valence electrons. The van der Waals surface area contributed by atoms with Gasteiger partial charge in [0.15, 0.2) is 16.9 Å². The first-order valence-corrected chi connectivity index (χ1v) is 29.5. The minimum Gasteiger partial charge on any atom is -0.384 e. The van der Waals surface area contributed by atoms with Gasteiger partial charge >= 0.3 is 0 Å². The molecule has 0 spiro atoms. The molecule has 0 atom stereocenters. The Labute approximate surface area is 469 Å². The summed E-state index contributed by atoms with van der Waals surface area (Å²) < 4.78 is 0. The Kier molecular flexibility index (Phi) is 12.6. The molecular weight excluding hydrogens is 1000 g/mol. The Bertz CT molecular complexity index is 4320. The number of hydrogen-bond acceptors (Lipinski definition) is 10. The highest BCUT2D eigenvalue weighted by atomic mass is 15.1. The number of aryl methyl sites for hydroxylation is 1. The fourth-order valence-corrected chi connectivity index (χ4v) is 13.9. The van der Waals surface area contributed by atoms with Crippen molar-refractivity contribution in [2.24, 2.45) is 0 Å². The lowest BCUT2D eigenvalue weighted by Crippen LogP contribution is -2.28. The third-order valence-corrected chi connectivity index (χ3v) is 18.0. The molecule has 9 aromatic heterocycles. The van der Waals surface area contributed by atoms with Gasteiger partial charge in [0.1, 0.15) is 23.3 Å². The van der Waals surface area contributed by atoms with Crippen molar-refractivity contribution in [3.63, 3.8) is 0 Å². The molecule has 1 aliphatic heterocycles. The molecule has 0 amide bonds. The summed E-state index contributed by atoms with van der Waals surface area (Å²) in [6.45, 7) is 7.14. The fourth-order valence-electron chi connectivity index (χ4n) is 13.9. The van der Waals surface area contributed by atoms with E-state index in [2.05, 4.69) is 138 Å². The summed E-state index contributed by atoms with van der Waals surface area (Å²) in [6.07, 6.45) is 17.1. The fraction of sp³-hybridized carbons (Fsp3) is 0.354. The monoisotopic (exact) mass is 1070 g/mol. The highest BCUT2D eigenvalue weighted by Gasteiger charge is 2.25. The van der Waals surface area contributed by atoms with Crippen LogP contribution < -0.4 is 5.73 Å². The Hall–Kier alpha value is -8.18. The van der Waals surface area contributed by atoms with Crippen molar-refractivity contribution in [1.29, 1.82) is 0 Å². The minimum absolute atomic E-state index is 0.412. The van der Waals surface area contributed by atoms with Gasteiger partial charge in [-0.2, -0.15) is 0 Å². The van der Waals surface area contributed by atoms with Crippen LogP contribution in [0.2, 0.25) is 0 Å². The van der Waals surface area contributed by atoms with E-state index in [1.165, 1.54) is 106 Å². The number of piperidine rings is 1. The molecule has 2 aliphatic carbocycles. The number of H-pyrrole nitrogens is 6. The second-order valence-electron chi connectivity index (χ2n) is 23.9. The van der Waals surface area contributed by atoms with E-state index in [1.807, 2.05) is 19.2 Å². The lowest BCUT2D eigenvalue weighted by atomic mass is 10.0. The van der Waals surface area contributed by atoms with Gasteiger partial charge in [-0.05, 0) is 149 Å². The van der Waals surface area contributed by atoms with Gasteiger partial charge in [0.05, 0.1) is 22.2 Å². The molecule has 0 radical (unpaired) electrons. The summed E-state index contributed by atoms with van der Waals surface area (Å²) >= 11 is 0. The lowest BCUT2D eigenvalue weighted by molar-refractivity contribution is 0.221. The molecule has 3 aliphatic rings. The summed E-state index contributed by atoms with van der Waals surface area (Å²) in [6, 6.07) is 32.6. The number of anilines is 1. The van der Waals surface area contributed by atoms with Crippen molar-refractivity contribution in [3.8, 4) is 33.8 Å². The number of nitrogens with one attached hydrogen (secondary N) is 6. The number of likely N-dealkylation sites (tertiary alicyclic amines) is 1. The number of imidazole rings is 3. The van der Waals surface area contributed by atoms with Gasteiger partial charge in [-0.25, -0.2) is 29.9 Å². The van der Waals surface area contributed by atoms with Crippen LogP contribution in [0.4, 0.5) is 5.82 Å². The van der Waals surface area contributed by atoms with Crippen molar-refractivity contribution < 1.29 is 0 Å². The van der Waals surface area contributed by atoms with Crippen LogP contribution in [0.15, 0.2) is 91.1 Å². The quantitative estimate of drug-likeness (QED) is 0.0517. The van der Waals surface area contributed by atoms with Gasteiger partial charge in [0.25, 0.3) is 0 Å². The van der Waals surface area contributed by atoms with E-state index in [4.69, 9.17) is 35.6 Å². The summed E-state index contributed by atoms with van der Waals surface area (Å²) in [4.78, 5) is 60.1. The van der Waals surface area contributed by atoms with Crippen molar-refractivity contribution in [2.75, 3.05) is 32.9 Å². The number of pyridine rings is 3. The summed E-state index contributed by atoms with van der Waals surface area (Å²) in [5.74, 6) is 2.74. The number of rotatable bonds is 15. The largest absolute Gasteiger partial charge is 0.384 e. The lowest BCUT2D eigenvalue weighted by Gasteiger charge is -2.26. The van der Waals surface area contributed by atoms with Gasteiger partial charge in [-0.15, -0.1) is 0 Å². The van der Waals surface area contributed by atoms with Crippen LogP contribution in [0.1, 0.15) is 116 Å². The summed E-state index contributed by atoms with van der Waals surface area (Å²) in [7, 11) is 4.53. The number of aromatic amines is 6. The zero-order valence-corrected chi connectivity index (χ0v) is 46.6. The topological polar surface area (TPSA) is 208 Å². The van der Waals surface area contributed by atoms with Crippen molar-refractivity contribution in [2.45, 2.75) is 122 Å². The number of hydrogen-bond donors (Lipinski definition) is 7. The van der Waals surface area contributed by atoms with E-state index in [0.717, 1.165) is 126 Å². The third kappa shape index (κ3) is 9.72. The zero-order valence-electron chi connectivity index (χ0n) is 46.6. The molecule has 12 aromatic rings. The normalized spacial score (nSPS) is 16.1. The second-order valence-corrected chi connectivity index (χ2v) is 23.9. The Morgan fingerprint density at radius 2 is 1.11 bits per heavy atom. The number of nitrogens with zero attached hydrogens (tertiary/aromatic N) is 9. The van der Waals surface area contributed by atoms with Crippen LogP contribution in [-0.2, 0) is 32.5 Å². The highest BCUT2D eigenvalue weighted by Crippen LogP contribution is 2.38. The van der Waals surface area contributed by atoms with Crippen LogP contribution in [-0.4, -0.2) is 114 Å². The average molecular weight is 1080 g/mol. The molecule has 15 rings (SSSR count). The van der Waals surface area contributed by atoms with E-state index < -0.39 is 0 Å². The van der Waals surface area contributed by atoms with Crippen LogP contribution >= 0.6 is 0 Å². The number of fused-ring (bicyclic) bond motifs is 6. The van der Waals surface area contributed by atoms with Crippen molar-refractivity contribution in [1.82, 2.24) is 74.5 Å².